The topological polar surface area (TPSA) is 81.7 Å². The molecule has 0 fully saturated rings. The van der Waals surface area contributed by atoms with Gasteiger partial charge in [-0.25, -0.2) is 0 Å². The fourth-order valence-corrected chi connectivity index (χ4v) is 2.27. The zero-order valence-corrected chi connectivity index (χ0v) is 10.7. The second kappa shape index (κ2) is 4.53. The molecule has 1 aliphatic rings. The summed E-state index contributed by atoms with van der Waals surface area (Å²) in [5.41, 5.74) is 0.919. The quantitative estimate of drug-likeness (QED) is 0.749. The summed E-state index contributed by atoms with van der Waals surface area (Å²) in [5.74, 6) is 2.50. The third kappa shape index (κ3) is 1.79. The molecule has 0 saturated heterocycles. The molecule has 100 valence electrons. The van der Waals surface area contributed by atoms with E-state index in [-0.39, 0.29) is 0 Å². The summed E-state index contributed by atoms with van der Waals surface area (Å²) in [6.45, 7) is 2.41. The molecule has 7 nitrogen and oxygen atoms in total. The van der Waals surface area contributed by atoms with Crippen LogP contribution in [0, 0.1) is 0 Å². The zero-order chi connectivity index (χ0) is 13.4. The first-order valence-electron chi connectivity index (χ1n) is 6.44. The van der Waals surface area contributed by atoms with Crippen LogP contribution in [-0.4, -0.2) is 31.4 Å². The average Bonchev–Trinajstić information content (AvgIpc) is 3.14. The molecule has 0 bridgehead atoms. The van der Waals surface area contributed by atoms with E-state index in [0.29, 0.717) is 24.1 Å². The summed E-state index contributed by atoms with van der Waals surface area (Å²) in [4.78, 5) is 4.41. The number of fused-ring (bicyclic) bond motifs is 1. The molecule has 1 aromatic carbocycles. The predicted molar refractivity (Wildman–Crippen MR) is 70.5 cm³/mol. The first kappa shape index (κ1) is 11.3. The molecule has 3 aromatic rings. The van der Waals surface area contributed by atoms with Gasteiger partial charge < -0.3 is 14.4 Å². The first-order chi connectivity index (χ1) is 9.92. The Morgan fingerprint density at radius 2 is 2.05 bits per heavy atom. The highest BCUT2D eigenvalue weighted by atomic mass is 16.5. The molecular formula is C13H12N6O. The molecule has 1 N–H and O–H groups in total. The van der Waals surface area contributed by atoms with Gasteiger partial charge in [0.15, 0.2) is 0 Å². The van der Waals surface area contributed by atoms with E-state index in [4.69, 9.17) is 4.52 Å². The normalized spacial score (nSPS) is 14.2. The fourth-order valence-electron chi connectivity index (χ4n) is 2.27. The first-order valence-corrected chi connectivity index (χ1v) is 6.44. The minimum Gasteiger partial charge on any atom is -0.330 e. The van der Waals surface area contributed by atoms with Crippen molar-refractivity contribution >= 4 is 0 Å². The number of hydrogen-bond acceptors (Lipinski definition) is 6. The lowest BCUT2D eigenvalue weighted by Crippen LogP contribution is -2.28. The van der Waals surface area contributed by atoms with Crippen molar-refractivity contribution in [3.63, 3.8) is 0 Å². The van der Waals surface area contributed by atoms with E-state index in [1.807, 2.05) is 34.9 Å². The van der Waals surface area contributed by atoms with Crippen LogP contribution in [0.25, 0.3) is 23.1 Å². The fraction of sp³-hybridized carbons (Fsp3) is 0.231. The molecule has 2 aromatic heterocycles. The molecule has 4 rings (SSSR count). The highest BCUT2D eigenvalue weighted by molar-refractivity contribution is 5.56. The van der Waals surface area contributed by atoms with Gasteiger partial charge in [-0.05, 0) is 0 Å². The van der Waals surface area contributed by atoms with Gasteiger partial charge in [-0.3, -0.25) is 0 Å². The molecule has 1 aliphatic heterocycles. The summed E-state index contributed by atoms with van der Waals surface area (Å²) in [6.07, 6.45) is 0. The minimum absolute atomic E-state index is 0.407. The average molecular weight is 268 g/mol. The van der Waals surface area contributed by atoms with Gasteiger partial charge in [-0.15, -0.1) is 10.2 Å². The van der Waals surface area contributed by atoms with Gasteiger partial charge in [-0.2, -0.15) is 4.98 Å². The van der Waals surface area contributed by atoms with Crippen molar-refractivity contribution in [1.29, 1.82) is 0 Å². The number of hydrogen-bond donors (Lipinski definition) is 1. The monoisotopic (exact) mass is 268 g/mol. The Bertz CT molecular complexity index is 732. The molecule has 0 radical (unpaired) electrons. The SMILES string of the molecule is c1ccc(-c2noc(-c3nnc4n3CCNC4)n2)cc1. The van der Waals surface area contributed by atoms with Crippen LogP contribution >= 0.6 is 0 Å². The van der Waals surface area contributed by atoms with Crippen molar-refractivity contribution in [3.05, 3.63) is 36.2 Å². The van der Waals surface area contributed by atoms with Gasteiger partial charge in [0.2, 0.25) is 11.6 Å². The Morgan fingerprint density at radius 1 is 1.15 bits per heavy atom. The van der Waals surface area contributed by atoms with Crippen molar-refractivity contribution in [2.24, 2.45) is 0 Å². The maximum Gasteiger partial charge on any atom is 0.296 e. The standard InChI is InChI=1S/C13H12N6O/c1-2-4-9(5-3-1)11-15-13(20-18-11)12-17-16-10-8-14-6-7-19(10)12/h1-5,14H,6-8H2. The van der Waals surface area contributed by atoms with Crippen molar-refractivity contribution in [3.8, 4) is 23.1 Å². The summed E-state index contributed by atoms with van der Waals surface area (Å²) in [7, 11) is 0. The van der Waals surface area contributed by atoms with Gasteiger partial charge in [0.1, 0.15) is 5.82 Å². The summed E-state index contributed by atoms with van der Waals surface area (Å²) in [6, 6.07) is 9.72. The molecule has 0 unspecified atom stereocenters. The molecule has 0 amide bonds. The lowest BCUT2D eigenvalue weighted by Gasteiger charge is -2.14. The number of benzene rings is 1. The lowest BCUT2D eigenvalue weighted by atomic mass is 10.2. The van der Waals surface area contributed by atoms with E-state index in [9.17, 15) is 0 Å². The van der Waals surface area contributed by atoms with Crippen LogP contribution in [-0.2, 0) is 13.1 Å². The highest BCUT2D eigenvalue weighted by Crippen LogP contribution is 2.21. The Hall–Kier alpha value is -2.54. The predicted octanol–water partition coefficient (Wildman–Crippen LogP) is 1.10. The summed E-state index contributed by atoms with van der Waals surface area (Å²) in [5, 5.41) is 15.5. The maximum absolute atomic E-state index is 5.32. The van der Waals surface area contributed by atoms with Crippen molar-refractivity contribution in [1.82, 2.24) is 30.2 Å². The second-order valence-corrected chi connectivity index (χ2v) is 4.56. The molecule has 3 heterocycles. The molecule has 0 saturated carbocycles. The number of nitrogens with zero attached hydrogens (tertiary/aromatic N) is 5. The highest BCUT2D eigenvalue weighted by Gasteiger charge is 2.21. The van der Waals surface area contributed by atoms with Crippen LogP contribution in [0.4, 0.5) is 0 Å². The number of rotatable bonds is 2. The van der Waals surface area contributed by atoms with E-state index in [1.165, 1.54) is 0 Å². The Labute approximate surface area is 114 Å². The van der Waals surface area contributed by atoms with Gasteiger partial charge in [0.05, 0.1) is 6.54 Å². The van der Waals surface area contributed by atoms with Gasteiger partial charge in [-0.1, -0.05) is 35.5 Å². The summed E-state index contributed by atoms with van der Waals surface area (Å²) >= 11 is 0. The number of nitrogens with one attached hydrogen (secondary N) is 1. The largest absolute Gasteiger partial charge is 0.330 e. The third-order valence-electron chi connectivity index (χ3n) is 3.27. The van der Waals surface area contributed by atoms with E-state index in [2.05, 4.69) is 25.7 Å². The second-order valence-electron chi connectivity index (χ2n) is 4.56. The van der Waals surface area contributed by atoms with Crippen LogP contribution in [0.1, 0.15) is 5.82 Å². The van der Waals surface area contributed by atoms with E-state index in [0.717, 1.165) is 24.5 Å². The number of aromatic nitrogens is 5. The molecular weight excluding hydrogens is 256 g/mol. The maximum atomic E-state index is 5.32. The van der Waals surface area contributed by atoms with Crippen LogP contribution < -0.4 is 5.32 Å². The van der Waals surface area contributed by atoms with Crippen molar-refractivity contribution < 1.29 is 4.52 Å². The van der Waals surface area contributed by atoms with Gasteiger partial charge >= 0.3 is 0 Å². The third-order valence-corrected chi connectivity index (χ3v) is 3.27. The smallest absolute Gasteiger partial charge is 0.296 e. The summed E-state index contributed by atoms with van der Waals surface area (Å²) < 4.78 is 7.34. The lowest BCUT2D eigenvalue weighted by molar-refractivity contribution is 0.423. The van der Waals surface area contributed by atoms with Crippen molar-refractivity contribution in [2.45, 2.75) is 13.1 Å². The van der Waals surface area contributed by atoms with E-state index in [1.54, 1.807) is 0 Å². The van der Waals surface area contributed by atoms with Gasteiger partial charge in [0.25, 0.3) is 5.89 Å². The van der Waals surface area contributed by atoms with Gasteiger partial charge in [0, 0.05) is 18.7 Å². The van der Waals surface area contributed by atoms with Crippen LogP contribution in [0.3, 0.4) is 0 Å². The Kier molecular flexibility index (Phi) is 2.56. The Balaban J connectivity index is 1.74. The molecule has 0 atom stereocenters. The van der Waals surface area contributed by atoms with Crippen LogP contribution in [0.15, 0.2) is 34.9 Å². The van der Waals surface area contributed by atoms with E-state index >= 15 is 0 Å². The Morgan fingerprint density at radius 3 is 2.95 bits per heavy atom. The minimum atomic E-state index is 0.407. The zero-order valence-electron chi connectivity index (χ0n) is 10.7. The van der Waals surface area contributed by atoms with E-state index < -0.39 is 0 Å². The molecule has 7 heteroatoms. The van der Waals surface area contributed by atoms with Crippen molar-refractivity contribution in [2.75, 3.05) is 6.54 Å². The molecule has 20 heavy (non-hydrogen) atoms. The van der Waals surface area contributed by atoms with Crippen LogP contribution in [0.5, 0.6) is 0 Å². The van der Waals surface area contributed by atoms with Crippen LogP contribution in [0.2, 0.25) is 0 Å². The molecule has 0 spiro atoms. The molecule has 0 aliphatic carbocycles.